The molecule has 0 radical (unpaired) electrons. The maximum absolute atomic E-state index is 10.8. The van der Waals surface area contributed by atoms with Gasteiger partial charge in [-0.3, -0.25) is 9.59 Å². The van der Waals surface area contributed by atoms with Gasteiger partial charge in [-0.05, 0) is 0 Å². The SMILES string of the molecule is O=C(O)CN(CC(=O)O)c1nc(-c2ccccc2)cs1. The first-order valence-electron chi connectivity index (χ1n) is 5.76. The van der Waals surface area contributed by atoms with Crippen molar-refractivity contribution in [2.45, 2.75) is 0 Å². The average Bonchev–Trinajstić information content (AvgIpc) is 2.87. The quantitative estimate of drug-likeness (QED) is 0.843. The standard InChI is InChI=1S/C13H12N2O4S/c16-11(17)6-15(7-12(18)19)13-14-10(8-20-13)9-4-2-1-3-5-9/h1-5,8H,6-7H2,(H,16,17)(H,18,19). The van der Waals surface area contributed by atoms with E-state index in [1.54, 1.807) is 5.38 Å². The van der Waals surface area contributed by atoms with Gasteiger partial charge in [0.15, 0.2) is 5.13 Å². The van der Waals surface area contributed by atoms with Gasteiger partial charge in [-0.15, -0.1) is 11.3 Å². The Hall–Kier alpha value is -2.41. The third kappa shape index (κ3) is 3.55. The Kier molecular flexibility index (Phi) is 4.31. The number of rotatable bonds is 6. The van der Waals surface area contributed by atoms with Gasteiger partial charge in [-0.25, -0.2) is 4.98 Å². The molecule has 20 heavy (non-hydrogen) atoms. The molecule has 1 aromatic heterocycles. The third-order valence-electron chi connectivity index (χ3n) is 2.48. The molecule has 0 bridgehead atoms. The maximum Gasteiger partial charge on any atom is 0.323 e. The summed E-state index contributed by atoms with van der Waals surface area (Å²) >= 11 is 1.22. The number of anilines is 1. The minimum Gasteiger partial charge on any atom is -0.480 e. The summed E-state index contributed by atoms with van der Waals surface area (Å²) in [6.45, 7) is -0.790. The molecule has 1 aromatic carbocycles. The van der Waals surface area contributed by atoms with Gasteiger partial charge in [0.2, 0.25) is 0 Å². The summed E-state index contributed by atoms with van der Waals surface area (Å²) in [5.74, 6) is -2.19. The van der Waals surface area contributed by atoms with Crippen molar-refractivity contribution >= 4 is 28.4 Å². The fourth-order valence-corrected chi connectivity index (χ4v) is 2.50. The molecule has 0 atom stereocenters. The van der Waals surface area contributed by atoms with Crippen LogP contribution in [0.2, 0.25) is 0 Å². The first-order chi connectivity index (χ1) is 9.56. The van der Waals surface area contributed by atoms with Gasteiger partial charge >= 0.3 is 11.9 Å². The van der Waals surface area contributed by atoms with Crippen molar-refractivity contribution in [3.63, 3.8) is 0 Å². The van der Waals surface area contributed by atoms with Gasteiger partial charge in [-0.2, -0.15) is 0 Å². The minimum atomic E-state index is -1.09. The summed E-state index contributed by atoms with van der Waals surface area (Å²) < 4.78 is 0. The van der Waals surface area contributed by atoms with E-state index in [0.717, 1.165) is 5.56 Å². The van der Waals surface area contributed by atoms with Crippen LogP contribution in [0, 0.1) is 0 Å². The molecule has 6 nitrogen and oxygen atoms in total. The van der Waals surface area contributed by atoms with Gasteiger partial charge in [0.05, 0.1) is 5.69 Å². The van der Waals surface area contributed by atoms with E-state index < -0.39 is 25.0 Å². The van der Waals surface area contributed by atoms with Gasteiger partial charge in [-0.1, -0.05) is 30.3 Å². The average molecular weight is 292 g/mol. The second-order valence-electron chi connectivity index (χ2n) is 4.02. The number of aromatic nitrogens is 1. The number of nitrogens with zero attached hydrogens (tertiary/aromatic N) is 2. The fourth-order valence-electron chi connectivity index (χ4n) is 1.67. The van der Waals surface area contributed by atoms with Crippen LogP contribution >= 0.6 is 11.3 Å². The summed E-state index contributed by atoms with van der Waals surface area (Å²) in [5, 5.41) is 19.8. The molecule has 0 spiro atoms. The van der Waals surface area contributed by atoms with Crippen LogP contribution in [0.4, 0.5) is 5.13 Å². The topological polar surface area (TPSA) is 90.7 Å². The molecular weight excluding hydrogens is 280 g/mol. The van der Waals surface area contributed by atoms with Gasteiger partial charge in [0.1, 0.15) is 13.1 Å². The van der Waals surface area contributed by atoms with Crippen LogP contribution in [0.25, 0.3) is 11.3 Å². The summed E-state index contributed by atoms with van der Waals surface area (Å²) in [6.07, 6.45) is 0. The normalized spacial score (nSPS) is 10.2. The predicted molar refractivity (Wildman–Crippen MR) is 75.0 cm³/mol. The molecule has 7 heteroatoms. The highest BCUT2D eigenvalue weighted by molar-refractivity contribution is 7.14. The molecule has 2 rings (SSSR count). The number of hydrogen-bond acceptors (Lipinski definition) is 5. The molecule has 0 saturated carbocycles. The molecule has 0 aliphatic carbocycles. The molecule has 0 aliphatic heterocycles. The lowest BCUT2D eigenvalue weighted by Gasteiger charge is -2.16. The van der Waals surface area contributed by atoms with Gasteiger partial charge < -0.3 is 15.1 Å². The number of benzene rings is 1. The first-order valence-corrected chi connectivity index (χ1v) is 6.63. The van der Waals surface area contributed by atoms with Crippen molar-refractivity contribution in [3.05, 3.63) is 35.7 Å². The van der Waals surface area contributed by atoms with Crippen molar-refractivity contribution in [2.24, 2.45) is 0 Å². The Balaban J connectivity index is 2.24. The van der Waals surface area contributed by atoms with E-state index in [9.17, 15) is 9.59 Å². The molecule has 0 saturated heterocycles. The lowest BCUT2D eigenvalue weighted by Crippen LogP contribution is -2.34. The second-order valence-corrected chi connectivity index (χ2v) is 4.86. The molecule has 2 N–H and O–H groups in total. The molecular formula is C13H12N2O4S. The Morgan fingerprint density at radius 3 is 2.25 bits per heavy atom. The first kappa shape index (κ1) is 14.0. The smallest absolute Gasteiger partial charge is 0.323 e. The second kappa shape index (κ2) is 6.16. The molecule has 0 fully saturated rings. The highest BCUT2D eigenvalue weighted by Gasteiger charge is 2.17. The van der Waals surface area contributed by atoms with Gasteiger partial charge in [0, 0.05) is 10.9 Å². The van der Waals surface area contributed by atoms with Crippen LogP contribution < -0.4 is 4.90 Å². The highest BCUT2D eigenvalue weighted by Crippen LogP contribution is 2.27. The van der Waals surface area contributed by atoms with Crippen LogP contribution in [0.3, 0.4) is 0 Å². The largest absolute Gasteiger partial charge is 0.480 e. The van der Waals surface area contributed by atoms with Gasteiger partial charge in [0.25, 0.3) is 0 Å². The van der Waals surface area contributed by atoms with Crippen molar-refractivity contribution in [1.29, 1.82) is 0 Å². The predicted octanol–water partition coefficient (Wildman–Crippen LogP) is 1.79. The van der Waals surface area contributed by atoms with Crippen LogP contribution in [-0.2, 0) is 9.59 Å². The van der Waals surface area contributed by atoms with Crippen molar-refractivity contribution < 1.29 is 19.8 Å². The monoisotopic (exact) mass is 292 g/mol. The molecule has 0 aliphatic rings. The lowest BCUT2D eigenvalue weighted by atomic mass is 10.2. The zero-order valence-electron chi connectivity index (χ0n) is 10.4. The van der Waals surface area contributed by atoms with E-state index >= 15 is 0 Å². The highest BCUT2D eigenvalue weighted by atomic mass is 32.1. The summed E-state index contributed by atoms with van der Waals surface area (Å²) in [7, 11) is 0. The Bertz CT molecular complexity index is 596. The van der Waals surface area contributed by atoms with E-state index in [1.165, 1.54) is 16.2 Å². The Morgan fingerprint density at radius 1 is 1.10 bits per heavy atom. The third-order valence-corrected chi connectivity index (χ3v) is 3.39. The van der Waals surface area contributed by atoms with E-state index in [1.807, 2.05) is 30.3 Å². The number of aliphatic carboxylic acids is 2. The number of hydrogen-bond donors (Lipinski definition) is 2. The molecule has 2 aromatic rings. The zero-order valence-corrected chi connectivity index (χ0v) is 11.2. The van der Waals surface area contributed by atoms with Crippen LogP contribution in [0.5, 0.6) is 0 Å². The molecule has 0 amide bonds. The number of carboxylic acid groups (broad SMARTS) is 2. The van der Waals surface area contributed by atoms with E-state index in [2.05, 4.69) is 4.98 Å². The summed E-state index contributed by atoms with van der Waals surface area (Å²) in [4.78, 5) is 27.1. The van der Waals surface area contributed by atoms with Crippen molar-refractivity contribution in [1.82, 2.24) is 4.98 Å². The molecule has 1 heterocycles. The summed E-state index contributed by atoms with van der Waals surface area (Å²) in [6, 6.07) is 9.41. The number of thiazole rings is 1. The fraction of sp³-hybridized carbons (Fsp3) is 0.154. The molecule has 104 valence electrons. The lowest BCUT2D eigenvalue weighted by molar-refractivity contribution is -0.136. The van der Waals surface area contributed by atoms with E-state index in [-0.39, 0.29) is 0 Å². The van der Waals surface area contributed by atoms with Crippen LogP contribution in [0.15, 0.2) is 35.7 Å². The zero-order chi connectivity index (χ0) is 14.5. The van der Waals surface area contributed by atoms with Crippen LogP contribution in [0.1, 0.15) is 0 Å². The van der Waals surface area contributed by atoms with Crippen LogP contribution in [-0.4, -0.2) is 40.2 Å². The van der Waals surface area contributed by atoms with Crippen molar-refractivity contribution in [2.75, 3.05) is 18.0 Å². The molecule has 0 unspecified atom stereocenters. The summed E-state index contributed by atoms with van der Waals surface area (Å²) in [5.41, 5.74) is 1.60. The number of carboxylic acids is 2. The Morgan fingerprint density at radius 2 is 1.70 bits per heavy atom. The van der Waals surface area contributed by atoms with Crippen molar-refractivity contribution in [3.8, 4) is 11.3 Å². The number of carbonyl (C=O) groups is 2. The Labute approximate surface area is 118 Å². The van der Waals surface area contributed by atoms with E-state index in [0.29, 0.717) is 10.8 Å². The minimum absolute atomic E-state index is 0.383. The maximum atomic E-state index is 10.8. The van der Waals surface area contributed by atoms with E-state index in [4.69, 9.17) is 10.2 Å².